The number of esters is 1. The lowest BCUT2D eigenvalue weighted by molar-refractivity contribution is -0.143. The fourth-order valence-corrected chi connectivity index (χ4v) is 4.24. The standard InChI is InChI=1S/C18H28N2O4S/c1-3-24-18(21)6-4-5-12-20-13-11-16(14-20)19-25(22,23)17-9-7-15(2)8-10-17/h7-10,16,19H,3-6,11-14H2,1-2H3. The number of nitrogens with zero attached hydrogens (tertiary/aromatic N) is 1. The number of carbonyl (C=O) groups excluding carboxylic acids is 1. The van der Waals surface area contributed by atoms with Crippen molar-refractivity contribution in [3.05, 3.63) is 29.8 Å². The van der Waals surface area contributed by atoms with E-state index < -0.39 is 10.0 Å². The fraction of sp³-hybridized carbons (Fsp3) is 0.611. The number of ether oxygens (including phenoxy) is 1. The van der Waals surface area contributed by atoms with Crippen LogP contribution in [0.2, 0.25) is 0 Å². The molecule has 0 bridgehead atoms. The van der Waals surface area contributed by atoms with Crippen LogP contribution < -0.4 is 4.72 Å². The van der Waals surface area contributed by atoms with Gasteiger partial charge >= 0.3 is 5.97 Å². The van der Waals surface area contributed by atoms with Crippen LogP contribution in [0, 0.1) is 6.92 Å². The van der Waals surface area contributed by atoms with Crippen molar-refractivity contribution < 1.29 is 17.9 Å². The van der Waals surface area contributed by atoms with Gasteiger partial charge in [0.15, 0.2) is 0 Å². The number of benzene rings is 1. The van der Waals surface area contributed by atoms with Gasteiger partial charge in [-0.15, -0.1) is 0 Å². The van der Waals surface area contributed by atoms with Gasteiger partial charge in [0.25, 0.3) is 0 Å². The van der Waals surface area contributed by atoms with Crippen molar-refractivity contribution in [1.29, 1.82) is 0 Å². The minimum absolute atomic E-state index is 0.0589. The molecule has 1 N–H and O–H groups in total. The average molecular weight is 368 g/mol. The zero-order valence-electron chi connectivity index (χ0n) is 15.0. The number of unbranched alkanes of at least 4 members (excludes halogenated alkanes) is 1. The Labute approximate surface area is 150 Å². The van der Waals surface area contributed by atoms with Gasteiger partial charge in [-0.1, -0.05) is 17.7 Å². The van der Waals surface area contributed by atoms with Crippen LogP contribution in [0.3, 0.4) is 0 Å². The summed E-state index contributed by atoms with van der Waals surface area (Å²) in [5.74, 6) is -0.146. The minimum atomic E-state index is -3.46. The first-order chi connectivity index (χ1) is 11.9. The van der Waals surface area contributed by atoms with Crippen LogP contribution in [0.5, 0.6) is 0 Å². The van der Waals surface area contributed by atoms with Crippen LogP contribution in [0.4, 0.5) is 0 Å². The smallest absolute Gasteiger partial charge is 0.305 e. The number of aryl methyl sites for hydroxylation is 1. The molecular formula is C18H28N2O4S. The lowest BCUT2D eigenvalue weighted by Crippen LogP contribution is -2.37. The third kappa shape index (κ3) is 6.41. The van der Waals surface area contributed by atoms with Crippen molar-refractivity contribution in [3.63, 3.8) is 0 Å². The van der Waals surface area contributed by atoms with Gasteiger partial charge in [-0.25, -0.2) is 13.1 Å². The van der Waals surface area contributed by atoms with Gasteiger partial charge in [-0.3, -0.25) is 4.79 Å². The molecule has 0 aromatic heterocycles. The predicted octanol–water partition coefficient (Wildman–Crippen LogP) is 2.08. The normalized spacial score (nSPS) is 18.4. The maximum Gasteiger partial charge on any atom is 0.305 e. The fourth-order valence-electron chi connectivity index (χ4n) is 2.97. The summed E-state index contributed by atoms with van der Waals surface area (Å²) in [5.41, 5.74) is 1.04. The van der Waals surface area contributed by atoms with Crippen molar-refractivity contribution in [2.24, 2.45) is 0 Å². The molecule has 1 aromatic rings. The minimum Gasteiger partial charge on any atom is -0.466 e. The number of carbonyl (C=O) groups is 1. The first-order valence-corrected chi connectivity index (χ1v) is 10.4. The van der Waals surface area contributed by atoms with E-state index in [2.05, 4.69) is 9.62 Å². The molecule has 1 heterocycles. The molecule has 1 atom stereocenters. The Bertz CT molecular complexity index is 658. The highest BCUT2D eigenvalue weighted by Crippen LogP contribution is 2.15. The molecule has 1 saturated heterocycles. The van der Waals surface area contributed by atoms with Crippen LogP contribution in [0.15, 0.2) is 29.2 Å². The summed E-state index contributed by atoms with van der Waals surface area (Å²) in [7, 11) is -3.46. The van der Waals surface area contributed by atoms with E-state index >= 15 is 0 Å². The number of rotatable bonds is 9. The SMILES string of the molecule is CCOC(=O)CCCCN1CCC(NS(=O)(=O)c2ccc(C)cc2)C1. The highest BCUT2D eigenvalue weighted by atomic mass is 32.2. The van der Waals surface area contributed by atoms with Gasteiger partial charge in [0.05, 0.1) is 11.5 Å². The molecule has 6 nitrogen and oxygen atoms in total. The Hall–Kier alpha value is -1.44. The zero-order valence-corrected chi connectivity index (χ0v) is 15.8. The number of nitrogens with one attached hydrogen (secondary N) is 1. The molecule has 0 saturated carbocycles. The van der Waals surface area contributed by atoms with Crippen LogP contribution in [0.25, 0.3) is 0 Å². The Morgan fingerprint density at radius 3 is 2.68 bits per heavy atom. The van der Waals surface area contributed by atoms with Crippen molar-refractivity contribution in [2.75, 3.05) is 26.2 Å². The van der Waals surface area contributed by atoms with Crippen LogP contribution in [-0.2, 0) is 19.6 Å². The summed E-state index contributed by atoms with van der Waals surface area (Å²) >= 11 is 0. The zero-order chi connectivity index (χ0) is 18.3. The maximum atomic E-state index is 12.4. The van der Waals surface area contributed by atoms with Crippen molar-refractivity contribution in [1.82, 2.24) is 9.62 Å². The predicted molar refractivity (Wildman–Crippen MR) is 96.8 cm³/mol. The molecule has 0 spiro atoms. The Balaban J connectivity index is 1.73. The largest absolute Gasteiger partial charge is 0.466 e. The molecule has 1 aliphatic rings. The second-order valence-electron chi connectivity index (χ2n) is 6.48. The third-order valence-electron chi connectivity index (χ3n) is 4.34. The van der Waals surface area contributed by atoms with Gasteiger partial charge in [-0.2, -0.15) is 0 Å². The molecule has 1 fully saturated rings. The topological polar surface area (TPSA) is 75.7 Å². The van der Waals surface area contributed by atoms with E-state index in [4.69, 9.17) is 4.74 Å². The van der Waals surface area contributed by atoms with Crippen LogP contribution >= 0.6 is 0 Å². The first kappa shape index (κ1) is 19.9. The van der Waals surface area contributed by atoms with Crippen LogP contribution in [0.1, 0.15) is 38.2 Å². The lowest BCUT2D eigenvalue weighted by atomic mass is 10.2. The molecule has 7 heteroatoms. The highest BCUT2D eigenvalue weighted by molar-refractivity contribution is 7.89. The Kier molecular flexibility index (Phi) is 7.40. The van der Waals surface area contributed by atoms with E-state index in [1.807, 2.05) is 6.92 Å². The van der Waals surface area contributed by atoms with E-state index in [1.54, 1.807) is 31.2 Å². The third-order valence-corrected chi connectivity index (χ3v) is 5.87. The first-order valence-electron chi connectivity index (χ1n) is 8.87. The van der Waals surface area contributed by atoms with Crippen molar-refractivity contribution in [3.8, 4) is 0 Å². The molecule has 0 radical (unpaired) electrons. The van der Waals surface area contributed by atoms with Gasteiger partial charge in [-0.05, 0) is 58.3 Å². The molecule has 0 aliphatic carbocycles. The van der Waals surface area contributed by atoms with E-state index in [0.717, 1.165) is 37.9 Å². The maximum absolute atomic E-state index is 12.4. The second-order valence-corrected chi connectivity index (χ2v) is 8.20. The number of likely N-dealkylation sites (tertiary alicyclic amines) is 1. The summed E-state index contributed by atoms with van der Waals surface area (Å²) in [5, 5.41) is 0. The van der Waals surface area contributed by atoms with Gasteiger partial charge in [0.1, 0.15) is 0 Å². The van der Waals surface area contributed by atoms with E-state index in [-0.39, 0.29) is 12.0 Å². The van der Waals surface area contributed by atoms with Gasteiger partial charge < -0.3 is 9.64 Å². The van der Waals surface area contributed by atoms with Crippen LogP contribution in [-0.4, -0.2) is 51.6 Å². The molecule has 25 heavy (non-hydrogen) atoms. The lowest BCUT2D eigenvalue weighted by Gasteiger charge is -2.16. The number of hydrogen-bond acceptors (Lipinski definition) is 5. The average Bonchev–Trinajstić information content (AvgIpc) is 2.99. The molecule has 2 rings (SSSR count). The molecule has 0 amide bonds. The van der Waals surface area contributed by atoms with E-state index in [0.29, 0.717) is 24.5 Å². The molecule has 140 valence electrons. The molecular weight excluding hydrogens is 340 g/mol. The van der Waals surface area contributed by atoms with Gasteiger partial charge in [0.2, 0.25) is 10.0 Å². The second kappa shape index (κ2) is 9.31. The highest BCUT2D eigenvalue weighted by Gasteiger charge is 2.26. The van der Waals surface area contributed by atoms with Crippen molar-refractivity contribution >= 4 is 16.0 Å². The molecule has 1 aromatic carbocycles. The summed E-state index contributed by atoms with van der Waals surface area (Å²) in [6.07, 6.45) is 2.97. The summed E-state index contributed by atoms with van der Waals surface area (Å²) in [6.45, 7) is 6.63. The Morgan fingerprint density at radius 2 is 2.00 bits per heavy atom. The number of hydrogen-bond donors (Lipinski definition) is 1. The van der Waals surface area contributed by atoms with E-state index in [9.17, 15) is 13.2 Å². The Morgan fingerprint density at radius 1 is 1.28 bits per heavy atom. The summed E-state index contributed by atoms with van der Waals surface area (Å²) < 4.78 is 32.6. The monoisotopic (exact) mass is 368 g/mol. The van der Waals surface area contributed by atoms with E-state index in [1.165, 1.54) is 0 Å². The summed E-state index contributed by atoms with van der Waals surface area (Å²) in [4.78, 5) is 13.8. The quantitative estimate of drug-likeness (QED) is 0.533. The molecule has 1 unspecified atom stereocenters. The van der Waals surface area contributed by atoms with Gasteiger partial charge in [0, 0.05) is 19.0 Å². The number of sulfonamides is 1. The molecule has 1 aliphatic heterocycles. The van der Waals surface area contributed by atoms with Crippen molar-refractivity contribution in [2.45, 2.75) is 50.5 Å². The summed E-state index contributed by atoms with van der Waals surface area (Å²) in [6, 6.07) is 6.83.